The molecule has 4 aromatic heterocycles. The summed E-state index contributed by atoms with van der Waals surface area (Å²) in [6, 6.07) is 0.184. The molecule has 4 unspecified atom stereocenters. The number of aliphatic hydroxyl groups excluding tert-OH is 2. The van der Waals surface area contributed by atoms with E-state index in [2.05, 4.69) is 143 Å². The van der Waals surface area contributed by atoms with Gasteiger partial charge in [-0.05, 0) is 250 Å². The van der Waals surface area contributed by atoms with Crippen molar-refractivity contribution in [1.29, 1.82) is 0 Å². The molecule has 0 saturated heterocycles. The molecule has 9 aliphatic rings. The molecule has 4 atom stereocenters. The van der Waals surface area contributed by atoms with Gasteiger partial charge in [-0.2, -0.15) is 20.4 Å². The molecule has 0 bridgehead atoms. The van der Waals surface area contributed by atoms with E-state index in [-0.39, 0.29) is 30.1 Å². The maximum absolute atomic E-state index is 12.4. The number of hydrogen-bond donors (Lipinski definition) is 6. The van der Waals surface area contributed by atoms with Crippen molar-refractivity contribution >= 4 is 5.91 Å². The van der Waals surface area contributed by atoms with E-state index in [0.717, 1.165) is 169 Å². The second-order valence-electron chi connectivity index (χ2n) is 36.8. The van der Waals surface area contributed by atoms with Gasteiger partial charge < -0.3 is 45.9 Å². The number of hydrogen-bond acceptors (Lipinski definition) is 17. The van der Waals surface area contributed by atoms with Crippen LogP contribution >= 0.6 is 0 Å². The van der Waals surface area contributed by atoms with Gasteiger partial charge in [0.2, 0.25) is 5.91 Å². The van der Waals surface area contributed by atoms with Crippen LogP contribution in [0.25, 0.3) is 0 Å². The number of nitrogens with zero attached hydrogens (tertiary/aromatic N) is 13. The number of fused-ring (bicyclic) bond motifs is 5. The molecule has 0 aromatic carbocycles. The number of aliphatic hydroxyl groups is 2. The van der Waals surface area contributed by atoms with E-state index in [1.165, 1.54) is 192 Å². The highest BCUT2D eigenvalue weighted by Crippen LogP contribution is 2.71. The molecule has 22 heteroatoms. The van der Waals surface area contributed by atoms with E-state index < -0.39 is 0 Å². The molecule has 0 spiro atoms. The lowest BCUT2D eigenvalue weighted by Crippen LogP contribution is -2.38. The zero-order valence-electron chi connectivity index (χ0n) is 74.7. The van der Waals surface area contributed by atoms with E-state index in [4.69, 9.17) is 29.9 Å². The van der Waals surface area contributed by atoms with Gasteiger partial charge in [0.1, 0.15) is 0 Å². The zero-order valence-corrected chi connectivity index (χ0v) is 74.7. The van der Waals surface area contributed by atoms with Gasteiger partial charge in [-0.1, -0.05) is 87.0 Å². The number of nitrogens with one attached hydrogen (secondary N) is 4. The first-order valence-corrected chi connectivity index (χ1v) is 46.1. The Kier molecular flexibility index (Phi) is 34.8. The maximum Gasteiger partial charge on any atom is 0.222 e. The molecule has 4 aliphatic heterocycles. The number of ether oxygens (including phenoxy) is 2. The summed E-state index contributed by atoms with van der Waals surface area (Å²) in [5.41, 5.74) is 18.9. The van der Waals surface area contributed by atoms with Crippen molar-refractivity contribution in [3.05, 3.63) is 67.8 Å². The van der Waals surface area contributed by atoms with Crippen LogP contribution in [0.2, 0.25) is 0 Å². The van der Waals surface area contributed by atoms with Crippen LogP contribution in [0.3, 0.4) is 0 Å². The summed E-state index contributed by atoms with van der Waals surface area (Å²) < 4.78 is 20.6. The maximum atomic E-state index is 12.4. The lowest BCUT2D eigenvalue weighted by atomic mass is 9.66. The summed E-state index contributed by atoms with van der Waals surface area (Å²) in [6.45, 7) is 39.9. The standard InChI is InChI=1S/C24H43N5O.C23H40N4O2.2C22H40N4O/c1-6-22(30)28-15-16-29-21(18-28)23(20(26-29)17-27(5)14-13-25-4)19-9-11-24(7-2,8-3)12-10-19;1-5-28-15-23(16-29-6-2)18-12-17(13-19(18)23)22-20(14-26(4)11-9-24-3)25-27-10-7-8-21(22)27;1-5-22(6-2)11-9-17(10-12-22)21-19(15-25(4)14-13-23-3)24-26-18(16-27)7-8-20(21)26;1-5-22(6-2)11-9-17(10-12-22)21-19(16-25(4)14-13-23-3)24-26-15-18(27)7-8-20(21)26/h19,25H,6-18H2,1-5H3;17-19,24H,5-16H2,1-4H3;2*17-18,23,27H,5-16H2,1-4H3. The summed E-state index contributed by atoms with van der Waals surface area (Å²) in [4.78, 5) is 24.0. The van der Waals surface area contributed by atoms with Crippen molar-refractivity contribution < 1.29 is 24.5 Å². The van der Waals surface area contributed by atoms with E-state index in [1.807, 2.05) is 40.0 Å². The molecule has 6 N–H and O–H groups in total. The van der Waals surface area contributed by atoms with Gasteiger partial charge in [0.15, 0.2) is 0 Å². The first-order valence-electron chi connectivity index (χ1n) is 46.1. The molecule has 13 rings (SSSR count). The average molecular weight is 1580 g/mol. The number of likely N-dealkylation sites (N-methyl/N-ethyl adjacent to an activating group) is 8. The van der Waals surface area contributed by atoms with E-state index in [1.54, 1.807) is 16.7 Å². The first-order chi connectivity index (χ1) is 54.7. The van der Waals surface area contributed by atoms with Crippen LogP contribution in [0.15, 0.2) is 0 Å². The second-order valence-corrected chi connectivity index (χ2v) is 36.8. The van der Waals surface area contributed by atoms with Crippen LogP contribution in [-0.4, -0.2) is 234 Å². The van der Waals surface area contributed by atoms with E-state index in [0.29, 0.717) is 52.9 Å². The number of amides is 1. The average Bonchev–Trinajstić information content (AvgIpc) is 1.49. The highest BCUT2D eigenvalue weighted by atomic mass is 16.5. The number of aryl methyl sites for hydroxylation is 1. The fraction of sp³-hybridized carbons (Fsp3) is 0.857. The molecule has 5 aliphatic carbocycles. The summed E-state index contributed by atoms with van der Waals surface area (Å²) in [7, 11) is 16.8. The van der Waals surface area contributed by atoms with Gasteiger partial charge in [-0.15, -0.1) is 0 Å². The number of carbonyl (C=O) groups is 1. The van der Waals surface area contributed by atoms with E-state index >= 15 is 0 Å². The number of rotatable bonds is 38. The minimum absolute atomic E-state index is 0.184. The van der Waals surface area contributed by atoms with Gasteiger partial charge in [0.05, 0.1) is 80.1 Å². The summed E-state index contributed by atoms with van der Waals surface area (Å²) >= 11 is 0. The van der Waals surface area contributed by atoms with E-state index in [9.17, 15) is 15.0 Å². The summed E-state index contributed by atoms with van der Waals surface area (Å²) in [5, 5.41) is 53.1. The molecule has 113 heavy (non-hydrogen) atoms. The molecule has 642 valence electrons. The minimum Gasteiger partial charge on any atom is -0.394 e. The molecule has 5 fully saturated rings. The van der Waals surface area contributed by atoms with Gasteiger partial charge in [0.25, 0.3) is 0 Å². The SMILES string of the molecule is CCC(=O)N1CCn2nc(CN(C)CCNC)c(C3CCC(CC)(CC)CC3)c2C1.CCC1(CC)CCC(c2c(CN(C)CCNC)nn3c2CCC(O)C3)CC1.CCC1(CC)CCC(c2c(CN(C)CCNC)nn3c2CCC3CO)CC1.CCOCC1(COCC)C2CC(c3c(CN(C)CCNC)nn4c3CCC4)CC21. The normalized spacial score (nSPS) is 22.9. The Balaban J connectivity index is 0.000000160. The zero-order chi connectivity index (χ0) is 81.0. The molecule has 1 amide bonds. The summed E-state index contributed by atoms with van der Waals surface area (Å²) in [6.07, 6.45) is 33.0. The van der Waals surface area contributed by atoms with Crippen LogP contribution in [0.5, 0.6) is 0 Å². The van der Waals surface area contributed by atoms with Gasteiger partial charge >= 0.3 is 0 Å². The van der Waals surface area contributed by atoms with Crippen molar-refractivity contribution in [2.45, 2.75) is 324 Å². The fourth-order valence-corrected chi connectivity index (χ4v) is 22.3. The predicted octanol–water partition coefficient (Wildman–Crippen LogP) is 13.2. The lowest BCUT2D eigenvalue weighted by molar-refractivity contribution is -0.132. The monoisotopic (exact) mass is 1570 g/mol. The Morgan fingerprint density at radius 3 is 1.26 bits per heavy atom. The molecule has 22 nitrogen and oxygen atoms in total. The third-order valence-electron chi connectivity index (χ3n) is 30.4. The Morgan fingerprint density at radius 2 is 0.850 bits per heavy atom. The molecule has 4 aromatic rings. The van der Waals surface area contributed by atoms with Crippen molar-refractivity contribution in [3.63, 3.8) is 0 Å². The Hall–Kier alpha value is -4.17. The Bertz CT molecular complexity index is 3400. The lowest BCUT2D eigenvalue weighted by Gasteiger charge is -2.40. The smallest absolute Gasteiger partial charge is 0.222 e. The molecule has 5 saturated carbocycles. The number of aromatic nitrogens is 8. The fourth-order valence-electron chi connectivity index (χ4n) is 22.3. The van der Waals surface area contributed by atoms with Crippen LogP contribution in [0.4, 0.5) is 0 Å². The van der Waals surface area contributed by atoms with Crippen molar-refractivity contribution in [3.8, 4) is 0 Å². The quantitative estimate of drug-likeness (QED) is 0.0246. The highest BCUT2D eigenvalue weighted by molar-refractivity contribution is 5.76. The second kappa shape index (κ2) is 43.2. The van der Waals surface area contributed by atoms with Gasteiger partial charge in [-0.25, -0.2) is 0 Å². The summed E-state index contributed by atoms with van der Waals surface area (Å²) in [5.74, 6) is 4.36. The van der Waals surface area contributed by atoms with Crippen LogP contribution in [0, 0.1) is 33.5 Å². The molecule has 0 radical (unpaired) electrons. The van der Waals surface area contributed by atoms with Gasteiger partial charge in [0, 0.05) is 156 Å². The third-order valence-corrected chi connectivity index (χ3v) is 30.4. The molecular weight excluding hydrogens is 1410 g/mol. The van der Waals surface area contributed by atoms with Crippen LogP contribution in [-0.2, 0) is 85.9 Å². The van der Waals surface area contributed by atoms with Crippen molar-refractivity contribution in [2.24, 2.45) is 33.5 Å². The van der Waals surface area contributed by atoms with Crippen molar-refractivity contribution in [2.75, 3.05) is 148 Å². The largest absolute Gasteiger partial charge is 0.394 e. The predicted molar refractivity (Wildman–Crippen MR) is 460 cm³/mol. The minimum atomic E-state index is -0.237. The third kappa shape index (κ3) is 21.9. The Morgan fingerprint density at radius 1 is 0.469 bits per heavy atom. The molecule has 8 heterocycles. The Labute approximate surface area is 685 Å². The molecular formula is C91H163N17O5. The van der Waals surface area contributed by atoms with Gasteiger partial charge in [-0.3, -0.25) is 43.1 Å². The van der Waals surface area contributed by atoms with Crippen LogP contribution in [0.1, 0.15) is 314 Å². The first kappa shape index (κ1) is 91.1. The number of carbonyl (C=O) groups excluding carboxylic acids is 1. The van der Waals surface area contributed by atoms with Crippen LogP contribution < -0.4 is 21.3 Å². The highest BCUT2D eigenvalue weighted by Gasteiger charge is 2.68. The topological polar surface area (TPSA) is 212 Å². The van der Waals surface area contributed by atoms with Crippen molar-refractivity contribution in [1.82, 2.24) is 84.9 Å².